The number of hydrogen-bond donors (Lipinski definition) is 0. The van der Waals surface area contributed by atoms with Crippen molar-refractivity contribution in [3.05, 3.63) is 179 Å². The van der Waals surface area contributed by atoms with E-state index in [-0.39, 0.29) is 0 Å². The third-order valence-electron chi connectivity index (χ3n) is 8.89. The molecular weight excluding hydrogens is 565 g/mol. The van der Waals surface area contributed by atoms with Gasteiger partial charge in [0.1, 0.15) is 0 Å². The van der Waals surface area contributed by atoms with Crippen molar-refractivity contribution in [3.63, 3.8) is 0 Å². The summed E-state index contributed by atoms with van der Waals surface area (Å²) in [6.07, 6.45) is 11.6. The lowest BCUT2D eigenvalue weighted by Gasteiger charge is -2.24. The molecule has 0 atom stereocenters. The zero-order valence-electron chi connectivity index (χ0n) is 24.6. The van der Waals surface area contributed by atoms with Gasteiger partial charge in [0.05, 0.1) is 22.3 Å². The van der Waals surface area contributed by atoms with Gasteiger partial charge < -0.3 is 9.47 Å². The first-order valence-corrected chi connectivity index (χ1v) is 16.1. The molecular formula is C42H28N2S. The number of thiophene rings is 1. The van der Waals surface area contributed by atoms with Crippen molar-refractivity contribution in [1.29, 1.82) is 0 Å². The molecule has 0 unspecified atom stereocenters. The van der Waals surface area contributed by atoms with Crippen LogP contribution in [0.2, 0.25) is 0 Å². The Morgan fingerprint density at radius 1 is 0.756 bits per heavy atom. The highest BCUT2D eigenvalue weighted by atomic mass is 32.1. The Kier molecular flexibility index (Phi) is 5.89. The van der Waals surface area contributed by atoms with Crippen LogP contribution in [0.5, 0.6) is 0 Å². The first kappa shape index (κ1) is 25.9. The van der Waals surface area contributed by atoms with E-state index in [0.29, 0.717) is 0 Å². The van der Waals surface area contributed by atoms with Crippen LogP contribution in [0.15, 0.2) is 151 Å². The van der Waals surface area contributed by atoms with Crippen molar-refractivity contribution in [2.75, 3.05) is 4.90 Å². The molecule has 2 aromatic heterocycles. The quantitative estimate of drug-likeness (QED) is 0.185. The molecule has 1 aliphatic heterocycles. The normalized spacial score (nSPS) is 15.3. The summed E-state index contributed by atoms with van der Waals surface area (Å²) in [4.78, 5) is 2.28. The largest absolute Gasteiger partial charge is 0.308 e. The minimum absolute atomic E-state index is 0.880. The van der Waals surface area contributed by atoms with Gasteiger partial charge in [-0.1, -0.05) is 103 Å². The summed E-state index contributed by atoms with van der Waals surface area (Å²) in [6, 6.07) is 41.6. The molecule has 3 heterocycles. The average Bonchev–Trinajstić information content (AvgIpc) is 3.80. The first-order chi connectivity index (χ1) is 22.2. The molecule has 7 aromatic rings. The van der Waals surface area contributed by atoms with E-state index >= 15 is 0 Å². The molecule has 0 bridgehead atoms. The lowest BCUT2D eigenvalue weighted by molar-refractivity contribution is 1.05. The molecule has 2 aliphatic rings. The summed E-state index contributed by atoms with van der Waals surface area (Å²) in [5, 5.41) is 6.17. The van der Waals surface area contributed by atoms with Crippen LogP contribution < -0.4 is 15.5 Å². The molecule has 3 heteroatoms. The SMILES string of the molecule is C=C1/C=c2\c(n(-c3cccc(Cc4ccccc4)c3)c3ccc4c5ccccc5sc4c23)=C/N(C2=C=CC=C2)c2ccccc21. The van der Waals surface area contributed by atoms with Crippen molar-refractivity contribution < 1.29 is 0 Å². The van der Waals surface area contributed by atoms with Gasteiger partial charge in [0, 0.05) is 48.2 Å². The molecule has 0 fully saturated rings. The molecule has 212 valence electrons. The predicted octanol–water partition coefficient (Wildman–Crippen LogP) is 9.25. The topological polar surface area (TPSA) is 8.17 Å². The van der Waals surface area contributed by atoms with Crippen LogP contribution in [0.4, 0.5) is 5.69 Å². The van der Waals surface area contributed by atoms with E-state index in [2.05, 4.69) is 161 Å². The second-order valence-electron chi connectivity index (χ2n) is 11.6. The van der Waals surface area contributed by atoms with E-state index in [0.717, 1.165) is 40.0 Å². The third kappa shape index (κ3) is 4.17. The Bertz CT molecular complexity index is 2570. The van der Waals surface area contributed by atoms with Crippen molar-refractivity contribution in [3.8, 4) is 5.69 Å². The smallest absolute Gasteiger partial charge is 0.0886 e. The Hall–Kier alpha value is -5.60. The first-order valence-electron chi connectivity index (χ1n) is 15.3. The van der Waals surface area contributed by atoms with Crippen LogP contribution >= 0.6 is 11.3 Å². The maximum atomic E-state index is 4.63. The van der Waals surface area contributed by atoms with E-state index < -0.39 is 0 Å². The van der Waals surface area contributed by atoms with E-state index in [1.54, 1.807) is 0 Å². The summed E-state index contributed by atoms with van der Waals surface area (Å²) >= 11 is 1.88. The average molecular weight is 593 g/mol. The molecule has 45 heavy (non-hydrogen) atoms. The molecule has 2 nitrogen and oxygen atoms in total. The van der Waals surface area contributed by atoms with Crippen LogP contribution in [-0.4, -0.2) is 4.57 Å². The molecule has 5 aromatic carbocycles. The summed E-state index contributed by atoms with van der Waals surface area (Å²) in [6.45, 7) is 4.63. The summed E-state index contributed by atoms with van der Waals surface area (Å²) in [5.41, 5.74) is 12.6. The van der Waals surface area contributed by atoms with E-state index in [9.17, 15) is 0 Å². The Morgan fingerprint density at radius 3 is 2.47 bits per heavy atom. The maximum Gasteiger partial charge on any atom is 0.0886 e. The predicted molar refractivity (Wildman–Crippen MR) is 192 cm³/mol. The number of nitrogens with zero attached hydrogens (tertiary/aromatic N) is 2. The van der Waals surface area contributed by atoms with Crippen molar-refractivity contribution in [1.82, 2.24) is 4.57 Å². The fourth-order valence-electron chi connectivity index (χ4n) is 6.86. The van der Waals surface area contributed by atoms with Crippen LogP contribution in [-0.2, 0) is 6.42 Å². The second kappa shape index (κ2) is 10.2. The van der Waals surface area contributed by atoms with Gasteiger partial charge in [-0.05, 0) is 71.7 Å². The molecule has 0 amide bonds. The standard InChI is InChI=1S/C42H28N2S/c1-28-24-36-39(27-43(31-15-5-6-16-31)37-20-9-7-18-33(28)37)44(32-17-11-14-30(26-32)25-29-12-3-2-4-13-29)38-23-22-35-34-19-8-10-21-40(34)45-42(35)41(36)38/h2-15,17-24,26-27H,1,25H2/b36-24+,39-27+. The lowest BCUT2D eigenvalue weighted by Crippen LogP contribution is -2.34. The van der Waals surface area contributed by atoms with Gasteiger partial charge >= 0.3 is 0 Å². The third-order valence-corrected chi connectivity index (χ3v) is 10.1. The fraction of sp³-hybridized carbons (Fsp3) is 0.0238. The fourth-order valence-corrected chi connectivity index (χ4v) is 8.12. The minimum Gasteiger partial charge on any atom is -0.308 e. The summed E-state index contributed by atoms with van der Waals surface area (Å²) < 4.78 is 5.05. The Balaban J connectivity index is 1.41. The minimum atomic E-state index is 0.880. The molecule has 0 N–H and O–H groups in total. The number of benzene rings is 5. The van der Waals surface area contributed by atoms with Gasteiger partial charge in [-0.15, -0.1) is 11.3 Å². The van der Waals surface area contributed by atoms with Gasteiger partial charge in [0.15, 0.2) is 0 Å². The molecule has 0 radical (unpaired) electrons. The van der Waals surface area contributed by atoms with Gasteiger partial charge in [-0.3, -0.25) is 0 Å². The molecule has 1 aliphatic carbocycles. The van der Waals surface area contributed by atoms with Gasteiger partial charge in [-0.2, -0.15) is 0 Å². The van der Waals surface area contributed by atoms with Crippen LogP contribution in [0, 0.1) is 0 Å². The summed E-state index contributed by atoms with van der Waals surface area (Å²) in [7, 11) is 0. The molecule has 0 saturated carbocycles. The number of para-hydroxylation sites is 1. The Labute approximate surface area is 265 Å². The van der Waals surface area contributed by atoms with Gasteiger partial charge in [0.2, 0.25) is 0 Å². The monoisotopic (exact) mass is 592 g/mol. The number of hydrogen-bond acceptors (Lipinski definition) is 2. The number of allylic oxidation sites excluding steroid dienone is 3. The van der Waals surface area contributed by atoms with E-state index in [1.165, 1.54) is 47.4 Å². The summed E-state index contributed by atoms with van der Waals surface area (Å²) in [5.74, 6) is 0. The number of fused-ring (bicyclic) bond motifs is 8. The van der Waals surface area contributed by atoms with E-state index in [4.69, 9.17) is 0 Å². The second-order valence-corrected chi connectivity index (χ2v) is 12.7. The highest BCUT2D eigenvalue weighted by molar-refractivity contribution is 7.26. The van der Waals surface area contributed by atoms with Crippen molar-refractivity contribution in [2.24, 2.45) is 0 Å². The zero-order valence-corrected chi connectivity index (χ0v) is 25.4. The number of rotatable bonds is 4. The van der Waals surface area contributed by atoms with Gasteiger partial charge in [0.25, 0.3) is 0 Å². The van der Waals surface area contributed by atoms with Crippen LogP contribution in [0.1, 0.15) is 16.7 Å². The molecule has 0 saturated heterocycles. The number of aromatic nitrogens is 1. The highest BCUT2D eigenvalue weighted by Gasteiger charge is 2.21. The maximum absolute atomic E-state index is 4.63. The molecule has 9 rings (SSSR count). The van der Waals surface area contributed by atoms with Crippen molar-refractivity contribution in [2.45, 2.75) is 6.42 Å². The van der Waals surface area contributed by atoms with Crippen molar-refractivity contribution >= 4 is 65.9 Å². The van der Waals surface area contributed by atoms with E-state index in [1.807, 2.05) is 17.4 Å². The van der Waals surface area contributed by atoms with Gasteiger partial charge in [-0.25, -0.2) is 0 Å². The number of anilines is 1. The Morgan fingerprint density at radius 2 is 1.58 bits per heavy atom. The zero-order chi connectivity index (χ0) is 29.9. The highest BCUT2D eigenvalue weighted by Crippen LogP contribution is 2.38. The molecule has 0 spiro atoms. The lowest BCUT2D eigenvalue weighted by atomic mass is 10.0. The van der Waals surface area contributed by atoms with Crippen LogP contribution in [0.3, 0.4) is 0 Å². The van der Waals surface area contributed by atoms with Crippen LogP contribution in [0.25, 0.3) is 54.6 Å².